The first kappa shape index (κ1) is 27.7. The van der Waals surface area contributed by atoms with Crippen LogP contribution in [-0.2, 0) is 4.79 Å². The first-order chi connectivity index (χ1) is 17.5. The van der Waals surface area contributed by atoms with Crippen LogP contribution in [0.15, 0.2) is 22.7 Å². The summed E-state index contributed by atoms with van der Waals surface area (Å²) in [6.07, 6.45) is -1.23. The van der Waals surface area contributed by atoms with Crippen LogP contribution < -0.4 is 15.1 Å². The van der Waals surface area contributed by atoms with Gasteiger partial charge in [-0.25, -0.2) is 9.78 Å². The minimum atomic E-state index is -5.08. The van der Waals surface area contributed by atoms with Crippen LogP contribution in [0.25, 0.3) is 0 Å². The summed E-state index contributed by atoms with van der Waals surface area (Å²) in [6.45, 7) is 7.74. The number of carboxylic acids is 1. The number of anilines is 3. The van der Waals surface area contributed by atoms with E-state index in [1.165, 1.54) is 12.1 Å². The second kappa shape index (κ2) is 11.9. The molecule has 4 rings (SSSR count). The molecule has 37 heavy (non-hydrogen) atoms. The number of piperidine rings is 1. The van der Waals surface area contributed by atoms with Gasteiger partial charge in [-0.1, -0.05) is 6.92 Å². The number of rotatable bonds is 4. The van der Waals surface area contributed by atoms with Crippen molar-refractivity contribution < 1.29 is 32.3 Å². The number of hydrogen-bond acceptors (Lipinski definition) is 9. The van der Waals surface area contributed by atoms with E-state index in [9.17, 15) is 18.0 Å². The number of nitrogens with zero attached hydrogens (tertiary/aromatic N) is 6. The van der Waals surface area contributed by atoms with Crippen LogP contribution in [0.3, 0.4) is 0 Å². The SMILES string of the molecule is CC1CCN(c2nc(N3CCN(C)CC3)ncc2NC(=O)c2ccc(C#N)o2)CC1.O=C(O)C(F)(F)F. The third-order valence-electron chi connectivity index (χ3n) is 6.06. The molecule has 0 radical (unpaired) electrons. The summed E-state index contributed by atoms with van der Waals surface area (Å²) in [5.74, 6) is -0.858. The number of hydrogen-bond donors (Lipinski definition) is 2. The van der Waals surface area contributed by atoms with E-state index < -0.39 is 18.1 Å². The Labute approximate surface area is 211 Å². The quantitative estimate of drug-likeness (QED) is 0.615. The zero-order valence-corrected chi connectivity index (χ0v) is 20.5. The van der Waals surface area contributed by atoms with Crippen LogP contribution in [0.1, 0.15) is 36.1 Å². The molecule has 0 aromatic carbocycles. The Hall–Kier alpha value is -3.86. The van der Waals surface area contributed by atoms with Gasteiger partial charge in [-0.3, -0.25) is 4.79 Å². The zero-order chi connectivity index (χ0) is 27.2. The van der Waals surface area contributed by atoms with Gasteiger partial charge in [-0.15, -0.1) is 0 Å². The molecule has 11 nitrogen and oxygen atoms in total. The molecule has 2 aliphatic rings. The number of carbonyl (C=O) groups is 2. The minimum absolute atomic E-state index is 0.0907. The Balaban J connectivity index is 0.000000479. The van der Waals surface area contributed by atoms with E-state index in [-0.39, 0.29) is 11.5 Å². The molecule has 0 saturated carbocycles. The molecule has 0 spiro atoms. The van der Waals surface area contributed by atoms with E-state index in [0.717, 1.165) is 57.9 Å². The summed E-state index contributed by atoms with van der Waals surface area (Å²) < 4.78 is 37.0. The Morgan fingerprint density at radius 1 is 1.14 bits per heavy atom. The number of carboxylic acid groups (broad SMARTS) is 1. The monoisotopic (exact) mass is 523 g/mol. The number of alkyl halides is 3. The Morgan fingerprint density at radius 2 is 1.76 bits per heavy atom. The van der Waals surface area contributed by atoms with Gasteiger partial charge in [-0.05, 0) is 37.9 Å². The topological polar surface area (TPSA) is 139 Å². The van der Waals surface area contributed by atoms with Gasteiger partial charge < -0.3 is 29.5 Å². The molecule has 1 amide bonds. The maximum atomic E-state index is 12.6. The molecule has 0 atom stereocenters. The molecular formula is C23H28F3N7O4. The van der Waals surface area contributed by atoms with Crippen molar-refractivity contribution in [3.63, 3.8) is 0 Å². The highest BCUT2D eigenvalue weighted by atomic mass is 19.4. The summed E-state index contributed by atoms with van der Waals surface area (Å²) in [4.78, 5) is 37.6. The normalized spacial score (nSPS) is 17.0. The van der Waals surface area contributed by atoms with Gasteiger partial charge in [0.2, 0.25) is 11.7 Å². The fourth-order valence-electron chi connectivity index (χ4n) is 3.78. The maximum Gasteiger partial charge on any atom is 0.490 e. The molecule has 2 aromatic rings. The second-order valence-corrected chi connectivity index (χ2v) is 8.90. The molecule has 14 heteroatoms. The summed E-state index contributed by atoms with van der Waals surface area (Å²) in [7, 11) is 2.11. The largest absolute Gasteiger partial charge is 0.490 e. The Kier molecular flexibility index (Phi) is 8.93. The maximum absolute atomic E-state index is 12.6. The molecule has 0 aliphatic carbocycles. The summed E-state index contributed by atoms with van der Waals surface area (Å²) >= 11 is 0. The van der Waals surface area contributed by atoms with Crippen LogP contribution in [0.5, 0.6) is 0 Å². The molecular weight excluding hydrogens is 495 g/mol. The summed E-state index contributed by atoms with van der Waals surface area (Å²) in [5.41, 5.74) is 0.558. The third kappa shape index (κ3) is 7.56. The van der Waals surface area contributed by atoms with Gasteiger partial charge in [0.15, 0.2) is 11.6 Å². The smallest absolute Gasteiger partial charge is 0.475 e. The lowest BCUT2D eigenvalue weighted by Gasteiger charge is -2.35. The van der Waals surface area contributed by atoms with Crippen molar-refractivity contribution in [1.82, 2.24) is 14.9 Å². The first-order valence-electron chi connectivity index (χ1n) is 11.6. The van der Waals surface area contributed by atoms with Crippen LogP contribution in [-0.4, -0.2) is 84.3 Å². The van der Waals surface area contributed by atoms with Crippen molar-refractivity contribution in [2.75, 3.05) is 61.4 Å². The highest BCUT2D eigenvalue weighted by Crippen LogP contribution is 2.30. The molecule has 200 valence electrons. The molecule has 0 unspecified atom stereocenters. The van der Waals surface area contributed by atoms with Gasteiger partial charge in [0, 0.05) is 39.3 Å². The molecule has 2 aliphatic heterocycles. The van der Waals surface area contributed by atoms with Gasteiger partial charge in [-0.2, -0.15) is 23.4 Å². The highest BCUT2D eigenvalue weighted by Gasteiger charge is 2.38. The predicted octanol–water partition coefficient (Wildman–Crippen LogP) is 2.81. The van der Waals surface area contributed by atoms with Crippen molar-refractivity contribution in [3.8, 4) is 6.07 Å². The number of aromatic nitrogens is 2. The van der Waals surface area contributed by atoms with E-state index in [0.29, 0.717) is 17.6 Å². The van der Waals surface area contributed by atoms with Crippen LogP contribution >= 0.6 is 0 Å². The predicted molar refractivity (Wildman–Crippen MR) is 127 cm³/mol. The minimum Gasteiger partial charge on any atom is -0.475 e. The summed E-state index contributed by atoms with van der Waals surface area (Å²) in [5, 5.41) is 18.9. The van der Waals surface area contributed by atoms with E-state index in [1.807, 2.05) is 6.07 Å². The lowest BCUT2D eigenvalue weighted by Crippen LogP contribution is -2.45. The number of carbonyl (C=O) groups excluding carboxylic acids is 1. The van der Waals surface area contributed by atoms with Gasteiger partial charge in [0.05, 0.1) is 6.20 Å². The molecule has 4 heterocycles. The van der Waals surface area contributed by atoms with E-state index in [2.05, 4.69) is 39.0 Å². The standard InChI is InChI=1S/C21H27N7O2.C2HF3O2/c1-15-5-7-27(8-6-15)19-17(24-20(29)18-4-3-16(13-22)30-18)14-23-21(25-19)28-11-9-26(2)10-12-28;3-2(4,5)1(6)7/h3-4,14-15H,5-12H2,1-2H3,(H,24,29);(H,6,7). The number of likely N-dealkylation sites (N-methyl/N-ethyl adjacent to an activating group) is 1. The third-order valence-corrected chi connectivity index (χ3v) is 6.06. The number of piperazine rings is 1. The van der Waals surface area contributed by atoms with E-state index in [4.69, 9.17) is 24.6 Å². The lowest BCUT2D eigenvalue weighted by atomic mass is 9.99. The average molecular weight is 524 g/mol. The van der Waals surface area contributed by atoms with Crippen LogP contribution in [0, 0.1) is 17.2 Å². The number of furan rings is 1. The van der Waals surface area contributed by atoms with Gasteiger partial charge in [0.25, 0.3) is 5.91 Å². The first-order valence-corrected chi connectivity index (χ1v) is 11.6. The fraction of sp³-hybridized carbons (Fsp3) is 0.522. The van der Waals surface area contributed by atoms with E-state index >= 15 is 0 Å². The highest BCUT2D eigenvalue weighted by molar-refractivity contribution is 6.03. The van der Waals surface area contributed by atoms with Crippen LogP contribution in [0.2, 0.25) is 0 Å². The van der Waals surface area contributed by atoms with Gasteiger partial charge >= 0.3 is 12.1 Å². The van der Waals surface area contributed by atoms with Crippen molar-refractivity contribution in [2.45, 2.75) is 25.9 Å². The number of nitrogens with one attached hydrogen (secondary N) is 1. The van der Waals surface area contributed by atoms with Gasteiger partial charge in [0.1, 0.15) is 11.8 Å². The van der Waals surface area contributed by atoms with Crippen molar-refractivity contribution in [1.29, 1.82) is 5.26 Å². The lowest BCUT2D eigenvalue weighted by molar-refractivity contribution is -0.192. The molecule has 2 aromatic heterocycles. The molecule has 2 saturated heterocycles. The molecule has 2 N–H and O–H groups in total. The van der Waals surface area contributed by atoms with Crippen molar-refractivity contribution in [2.24, 2.45) is 5.92 Å². The molecule has 2 fully saturated rings. The zero-order valence-electron chi connectivity index (χ0n) is 20.5. The van der Waals surface area contributed by atoms with Crippen LogP contribution in [0.4, 0.5) is 30.6 Å². The fourth-order valence-corrected chi connectivity index (χ4v) is 3.78. The van der Waals surface area contributed by atoms with Crippen molar-refractivity contribution >= 4 is 29.3 Å². The molecule has 0 bridgehead atoms. The Bertz CT molecular complexity index is 1130. The number of amides is 1. The summed E-state index contributed by atoms with van der Waals surface area (Å²) in [6, 6.07) is 4.87. The van der Waals surface area contributed by atoms with E-state index in [1.54, 1.807) is 6.20 Å². The second-order valence-electron chi connectivity index (χ2n) is 8.90. The number of halogens is 3. The number of aliphatic carboxylic acids is 1. The Morgan fingerprint density at radius 3 is 2.30 bits per heavy atom. The number of nitriles is 1. The van der Waals surface area contributed by atoms with Crippen molar-refractivity contribution in [3.05, 3.63) is 29.9 Å². The average Bonchev–Trinajstić information content (AvgIpc) is 3.35.